The van der Waals surface area contributed by atoms with Gasteiger partial charge in [-0.25, -0.2) is 0 Å². The van der Waals surface area contributed by atoms with Gasteiger partial charge in [0.15, 0.2) is 0 Å². The first-order chi connectivity index (χ1) is 8.67. The molecule has 0 bridgehead atoms. The summed E-state index contributed by atoms with van der Waals surface area (Å²) in [6.07, 6.45) is 6.44. The van der Waals surface area contributed by atoms with E-state index in [-0.39, 0.29) is 18.1 Å². The summed E-state index contributed by atoms with van der Waals surface area (Å²) in [5.74, 6) is 0.172. The highest BCUT2D eigenvalue weighted by molar-refractivity contribution is 5.84. The van der Waals surface area contributed by atoms with Crippen molar-refractivity contribution in [3.05, 3.63) is 0 Å². The van der Waals surface area contributed by atoms with Crippen LogP contribution in [0.2, 0.25) is 0 Å². The number of hydrogen-bond donors (Lipinski definition) is 0. The molecule has 0 unspecified atom stereocenters. The molecule has 2 rings (SSSR count). The molecule has 0 aromatic carbocycles. The predicted molar refractivity (Wildman–Crippen MR) is 68.2 cm³/mol. The van der Waals surface area contributed by atoms with Crippen molar-refractivity contribution in [1.29, 1.82) is 0 Å². The van der Waals surface area contributed by atoms with Crippen LogP contribution in [0.25, 0.3) is 0 Å². The lowest BCUT2D eigenvalue weighted by molar-refractivity contribution is -0.143. The Bertz CT molecular complexity index is 329. The smallest absolute Gasteiger partial charge is 0.307 e. The highest BCUT2D eigenvalue weighted by atomic mass is 16.5. The van der Waals surface area contributed by atoms with Gasteiger partial charge < -0.3 is 4.74 Å². The van der Waals surface area contributed by atoms with Crippen molar-refractivity contribution in [3.8, 4) is 0 Å². The van der Waals surface area contributed by atoms with Gasteiger partial charge in [0.1, 0.15) is 5.78 Å². The van der Waals surface area contributed by atoms with Crippen LogP contribution < -0.4 is 0 Å². The monoisotopic (exact) mass is 253 g/mol. The summed E-state index contributed by atoms with van der Waals surface area (Å²) < 4.78 is 4.76. The summed E-state index contributed by atoms with van der Waals surface area (Å²) in [5, 5.41) is 0. The third-order valence-electron chi connectivity index (χ3n) is 4.40. The minimum atomic E-state index is -0.158. The Morgan fingerprint density at radius 1 is 1.22 bits per heavy atom. The Morgan fingerprint density at radius 3 is 2.67 bits per heavy atom. The van der Waals surface area contributed by atoms with Crippen LogP contribution in [-0.4, -0.2) is 41.9 Å². The van der Waals surface area contributed by atoms with Gasteiger partial charge in [0, 0.05) is 18.5 Å². The first kappa shape index (κ1) is 13.5. The normalized spacial score (nSPS) is 32.0. The summed E-state index contributed by atoms with van der Waals surface area (Å²) in [6, 6.07) is 0.767. The second-order valence-electron chi connectivity index (χ2n) is 5.38. The Hall–Kier alpha value is -0.900. The fraction of sp³-hybridized carbons (Fsp3) is 0.857. The number of ether oxygens (including phenoxy) is 1. The number of esters is 1. The minimum absolute atomic E-state index is 0.0471. The standard InChI is InChI=1S/C14H23NO3/c1-3-13(16)12-6-4-5-10-7-8-11(15(10)12)9-14(17)18-2/h10-12H,3-9H2,1-2H3/t10-,11-,12+/m0/s1. The second kappa shape index (κ2) is 5.83. The van der Waals surface area contributed by atoms with Gasteiger partial charge in [-0.2, -0.15) is 0 Å². The van der Waals surface area contributed by atoms with E-state index in [4.69, 9.17) is 4.74 Å². The molecule has 0 aromatic rings. The number of methoxy groups -OCH3 is 1. The lowest BCUT2D eigenvalue weighted by Gasteiger charge is -2.40. The fourth-order valence-corrected chi connectivity index (χ4v) is 3.53. The van der Waals surface area contributed by atoms with Gasteiger partial charge in [0.2, 0.25) is 0 Å². The van der Waals surface area contributed by atoms with Crippen LogP contribution in [0.3, 0.4) is 0 Å². The Balaban J connectivity index is 2.09. The van der Waals surface area contributed by atoms with E-state index in [0.717, 1.165) is 25.7 Å². The Morgan fingerprint density at radius 2 is 2.00 bits per heavy atom. The molecular formula is C14H23NO3. The van der Waals surface area contributed by atoms with Gasteiger partial charge in [-0.05, 0) is 32.1 Å². The van der Waals surface area contributed by atoms with E-state index in [2.05, 4.69) is 4.90 Å². The third kappa shape index (κ3) is 2.58. The highest BCUT2D eigenvalue weighted by Crippen LogP contribution is 2.37. The molecule has 2 heterocycles. The number of piperidine rings is 1. The molecule has 4 nitrogen and oxygen atoms in total. The summed E-state index contributed by atoms with van der Waals surface area (Å²) in [6.45, 7) is 1.93. The fourth-order valence-electron chi connectivity index (χ4n) is 3.53. The molecule has 0 spiro atoms. The van der Waals surface area contributed by atoms with Crippen molar-refractivity contribution in [2.24, 2.45) is 0 Å². The molecule has 2 saturated heterocycles. The summed E-state index contributed by atoms with van der Waals surface area (Å²) in [5.41, 5.74) is 0. The maximum Gasteiger partial charge on any atom is 0.307 e. The second-order valence-corrected chi connectivity index (χ2v) is 5.38. The molecule has 0 saturated carbocycles. The lowest BCUT2D eigenvalue weighted by atomic mass is 9.92. The van der Waals surface area contributed by atoms with E-state index < -0.39 is 0 Å². The first-order valence-electron chi connectivity index (χ1n) is 7.04. The zero-order valence-corrected chi connectivity index (χ0v) is 11.4. The van der Waals surface area contributed by atoms with Crippen LogP contribution in [0.1, 0.15) is 51.9 Å². The van der Waals surface area contributed by atoms with Crippen LogP contribution in [-0.2, 0) is 14.3 Å². The molecular weight excluding hydrogens is 230 g/mol. The van der Waals surface area contributed by atoms with Gasteiger partial charge >= 0.3 is 5.97 Å². The van der Waals surface area contributed by atoms with Crippen LogP contribution in [0.5, 0.6) is 0 Å². The summed E-state index contributed by atoms with van der Waals surface area (Å²) in [4.78, 5) is 25.8. The SMILES string of the molecule is CCC(=O)[C@H]1CCC[C@H]2CC[C@@H](CC(=O)OC)N21. The zero-order valence-electron chi connectivity index (χ0n) is 11.4. The van der Waals surface area contributed by atoms with E-state index in [1.165, 1.54) is 13.5 Å². The van der Waals surface area contributed by atoms with Crippen molar-refractivity contribution < 1.29 is 14.3 Å². The maximum absolute atomic E-state index is 12.1. The maximum atomic E-state index is 12.1. The van der Waals surface area contributed by atoms with Crippen LogP contribution in [0, 0.1) is 0 Å². The summed E-state index contributed by atoms with van der Waals surface area (Å²) in [7, 11) is 1.43. The molecule has 0 N–H and O–H groups in total. The minimum Gasteiger partial charge on any atom is -0.469 e. The molecule has 102 valence electrons. The number of Topliss-reactive ketones (excluding diaryl/α,β-unsaturated/α-hetero) is 1. The van der Waals surface area contributed by atoms with Gasteiger partial charge in [0.25, 0.3) is 0 Å². The first-order valence-corrected chi connectivity index (χ1v) is 7.04. The van der Waals surface area contributed by atoms with Crippen LogP contribution in [0.15, 0.2) is 0 Å². The molecule has 2 aliphatic heterocycles. The van der Waals surface area contributed by atoms with Gasteiger partial charge in [-0.15, -0.1) is 0 Å². The lowest BCUT2D eigenvalue weighted by Crippen LogP contribution is -2.51. The molecule has 0 aliphatic carbocycles. The quantitative estimate of drug-likeness (QED) is 0.718. The largest absolute Gasteiger partial charge is 0.469 e. The Kier molecular flexibility index (Phi) is 4.38. The predicted octanol–water partition coefficient (Wildman–Crippen LogP) is 1.91. The van der Waals surface area contributed by atoms with E-state index >= 15 is 0 Å². The van der Waals surface area contributed by atoms with E-state index in [1.54, 1.807) is 0 Å². The third-order valence-corrected chi connectivity index (χ3v) is 4.40. The average Bonchev–Trinajstić information content (AvgIpc) is 2.81. The van der Waals surface area contributed by atoms with E-state index in [9.17, 15) is 9.59 Å². The topological polar surface area (TPSA) is 46.6 Å². The average molecular weight is 253 g/mol. The highest BCUT2D eigenvalue weighted by Gasteiger charge is 2.43. The molecule has 0 radical (unpaired) electrons. The van der Waals surface area contributed by atoms with Crippen molar-refractivity contribution >= 4 is 11.8 Å². The van der Waals surface area contributed by atoms with Gasteiger partial charge in [0.05, 0.1) is 19.6 Å². The van der Waals surface area contributed by atoms with Crippen molar-refractivity contribution in [1.82, 2.24) is 4.90 Å². The molecule has 3 atom stereocenters. The number of ketones is 1. The van der Waals surface area contributed by atoms with E-state index in [1.807, 2.05) is 6.92 Å². The number of carbonyl (C=O) groups is 2. The molecule has 0 amide bonds. The van der Waals surface area contributed by atoms with Gasteiger partial charge in [-0.1, -0.05) is 6.92 Å². The van der Waals surface area contributed by atoms with Crippen molar-refractivity contribution in [3.63, 3.8) is 0 Å². The van der Waals surface area contributed by atoms with Crippen LogP contribution in [0.4, 0.5) is 0 Å². The van der Waals surface area contributed by atoms with Crippen molar-refractivity contribution in [2.75, 3.05) is 7.11 Å². The van der Waals surface area contributed by atoms with E-state index in [0.29, 0.717) is 24.7 Å². The molecule has 2 fully saturated rings. The number of fused-ring (bicyclic) bond motifs is 1. The number of hydrogen-bond acceptors (Lipinski definition) is 4. The molecule has 18 heavy (non-hydrogen) atoms. The van der Waals surface area contributed by atoms with Gasteiger partial charge in [-0.3, -0.25) is 14.5 Å². The number of nitrogens with zero attached hydrogens (tertiary/aromatic N) is 1. The molecule has 2 aliphatic rings. The Labute approximate surface area is 109 Å². The van der Waals surface area contributed by atoms with Crippen LogP contribution >= 0.6 is 0 Å². The summed E-state index contributed by atoms with van der Waals surface area (Å²) >= 11 is 0. The zero-order chi connectivity index (χ0) is 13.1. The number of carbonyl (C=O) groups excluding carboxylic acids is 2. The number of rotatable bonds is 4. The van der Waals surface area contributed by atoms with Crippen molar-refractivity contribution in [2.45, 2.75) is 70.0 Å². The molecule has 0 aromatic heterocycles. The molecule has 4 heteroatoms.